The minimum Gasteiger partial charge on any atom is -0.393 e. The second-order valence-electron chi connectivity index (χ2n) is 7.56. The molecule has 2 nitrogen and oxygen atoms in total. The Morgan fingerprint density at radius 2 is 1.47 bits per heavy atom. The van der Waals surface area contributed by atoms with Gasteiger partial charge in [0.2, 0.25) is 0 Å². The lowest BCUT2D eigenvalue weighted by Gasteiger charge is -2.38. The van der Waals surface area contributed by atoms with Gasteiger partial charge in [0.15, 0.2) is 0 Å². The van der Waals surface area contributed by atoms with Crippen molar-refractivity contribution >= 4 is 0 Å². The normalized spacial score (nSPS) is 35.8. The van der Waals surface area contributed by atoms with E-state index in [9.17, 15) is 5.11 Å². The van der Waals surface area contributed by atoms with E-state index in [0.29, 0.717) is 0 Å². The molecule has 19 heavy (non-hydrogen) atoms. The highest BCUT2D eigenvalue weighted by atomic mass is 16.3. The van der Waals surface area contributed by atoms with Crippen LogP contribution in [0.1, 0.15) is 77.0 Å². The predicted octanol–water partition coefficient (Wildman–Crippen LogP) is 3.63. The third kappa shape index (κ3) is 3.52. The second-order valence-corrected chi connectivity index (χ2v) is 7.56. The Hall–Kier alpha value is -0.0800. The van der Waals surface area contributed by atoms with Gasteiger partial charge in [0.1, 0.15) is 0 Å². The minimum absolute atomic E-state index is 0.00634. The molecule has 0 aromatic heterocycles. The molecule has 3 aliphatic rings. The predicted molar refractivity (Wildman–Crippen MR) is 79.1 cm³/mol. The first-order valence-corrected chi connectivity index (χ1v) is 8.67. The van der Waals surface area contributed by atoms with Crippen molar-refractivity contribution in [2.24, 2.45) is 11.3 Å². The molecular formula is C17H31NO. The fraction of sp³-hybridized carbons (Fsp3) is 1.00. The Morgan fingerprint density at radius 1 is 0.842 bits per heavy atom. The molecule has 0 bridgehead atoms. The van der Waals surface area contributed by atoms with Crippen LogP contribution in [0, 0.1) is 11.3 Å². The Balaban J connectivity index is 1.36. The van der Waals surface area contributed by atoms with Crippen molar-refractivity contribution in [3.63, 3.8) is 0 Å². The molecule has 0 aromatic rings. The molecule has 0 amide bonds. The van der Waals surface area contributed by atoms with E-state index < -0.39 is 0 Å². The van der Waals surface area contributed by atoms with E-state index in [-0.39, 0.29) is 6.10 Å². The SMILES string of the molecule is OC1CCC(CNC2CCC3(CCCC3)CC2)CC1. The molecule has 2 heteroatoms. The van der Waals surface area contributed by atoms with Crippen molar-refractivity contribution < 1.29 is 5.11 Å². The second kappa shape index (κ2) is 6.13. The number of aliphatic hydroxyl groups excluding tert-OH is 1. The van der Waals surface area contributed by atoms with Crippen LogP contribution in [-0.2, 0) is 0 Å². The van der Waals surface area contributed by atoms with Crippen molar-refractivity contribution in [2.75, 3.05) is 6.54 Å². The monoisotopic (exact) mass is 265 g/mol. The quantitative estimate of drug-likeness (QED) is 0.816. The van der Waals surface area contributed by atoms with E-state index in [2.05, 4.69) is 5.32 Å². The summed E-state index contributed by atoms with van der Waals surface area (Å²) in [5, 5.41) is 13.4. The molecule has 0 aromatic carbocycles. The molecule has 0 radical (unpaired) electrons. The van der Waals surface area contributed by atoms with Gasteiger partial charge >= 0.3 is 0 Å². The van der Waals surface area contributed by atoms with Gasteiger partial charge in [0.05, 0.1) is 6.10 Å². The van der Waals surface area contributed by atoms with Crippen molar-refractivity contribution in [3.05, 3.63) is 0 Å². The van der Waals surface area contributed by atoms with Crippen LogP contribution in [0.2, 0.25) is 0 Å². The molecule has 0 aliphatic heterocycles. The van der Waals surface area contributed by atoms with Gasteiger partial charge in [-0.05, 0) is 82.1 Å². The molecule has 0 saturated heterocycles. The van der Waals surface area contributed by atoms with Crippen LogP contribution in [0.25, 0.3) is 0 Å². The number of rotatable bonds is 3. The van der Waals surface area contributed by atoms with Crippen LogP contribution < -0.4 is 5.32 Å². The van der Waals surface area contributed by atoms with Gasteiger partial charge in [-0.3, -0.25) is 0 Å². The average Bonchev–Trinajstić information content (AvgIpc) is 2.89. The lowest BCUT2D eigenvalue weighted by atomic mass is 9.71. The first kappa shape index (κ1) is 13.9. The van der Waals surface area contributed by atoms with E-state index in [1.165, 1.54) is 70.8 Å². The number of nitrogens with one attached hydrogen (secondary N) is 1. The molecule has 3 saturated carbocycles. The van der Waals surface area contributed by atoms with Crippen LogP contribution in [0.15, 0.2) is 0 Å². The molecule has 0 unspecified atom stereocenters. The van der Waals surface area contributed by atoms with Crippen molar-refractivity contribution in [3.8, 4) is 0 Å². The summed E-state index contributed by atoms with van der Waals surface area (Å²) >= 11 is 0. The van der Waals surface area contributed by atoms with Crippen molar-refractivity contribution in [2.45, 2.75) is 89.2 Å². The Morgan fingerprint density at radius 3 is 2.11 bits per heavy atom. The van der Waals surface area contributed by atoms with E-state index in [1.54, 1.807) is 0 Å². The van der Waals surface area contributed by atoms with Crippen molar-refractivity contribution in [1.29, 1.82) is 0 Å². The zero-order chi connectivity index (χ0) is 13.1. The van der Waals surface area contributed by atoms with Crippen LogP contribution in [0.5, 0.6) is 0 Å². The third-order valence-electron chi connectivity index (χ3n) is 6.22. The highest BCUT2D eigenvalue weighted by molar-refractivity contribution is 4.91. The van der Waals surface area contributed by atoms with Gasteiger partial charge in [-0.25, -0.2) is 0 Å². The topological polar surface area (TPSA) is 32.3 Å². The fourth-order valence-electron chi connectivity index (χ4n) is 4.74. The number of hydrogen-bond acceptors (Lipinski definition) is 2. The maximum Gasteiger partial charge on any atom is 0.0540 e. The molecule has 3 aliphatic carbocycles. The summed E-state index contributed by atoms with van der Waals surface area (Å²) in [6.07, 6.45) is 16.3. The molecule has 3 rings (SSSR count). The first-order valence-electron chi connectivity index (χ1n) is 8.67. The maximum absolute atomic E-state index is 9.54. The Bertz CT molecular complexity index is 267. The van der Waals surface area contributed by atoms with Gasteiger partial charge in [0, 0.05) is 6.04 Å². The molecule has 1 spiro atoms. The minimum atomic E-state index is -0.00634. The van der Waals surface area contributed by atoms with E-state index in [4.69, 9.17) is 0 Å². The smallest absolute Gasteiger partial charge is 0.0540 e. The number of hydrogen-bond donors (Lipinski definition) is 2. The Kier molecular flexibility index (Phi) is 4.48. The van der Waals surface area contributed by atoms with E-state index in [1.807, 2.05) is 0 Å². The molecule has 110 valence electrons. The van der Waals surface area contributed by atoms with Gasteiger partial charge in [-0.15, -0.1) is 0 Å². The first-order chi connectivity index (χ1) is 9.26. The average molecular weight is 265 g/mol. The highest BCUT2D eigenvalue weighted by Crippen LogP contribution is 2.48. The van der Waals surface area contributed by atoms with Crippen molar-refractivity contribution in [1.82, 2.24) is 5.32 Å². The van der Waals surface area contributed by atoms with Gasteiger partial charge in [-0.1, -0.05) is 12.8 Å². The lowest BCUT2D eigenvalue weighted by Crippen LogP contribution is -2.39. The van der Waals surface area contributed by atoms with E-state index >= 15 is 0 Å². The van der Waals surface area contributed by atoms with Gasteiger partial charge in [-0.2, -0.15) is 0 Å². The fourth-order valence-corrected chi connectivity index (χ4v) is 4.74. The van der Waals surface area contributed by atoms with Crippen LogP contribution in [0.4, 0.5) is 0 Å². The van der Waals surface area contributed by atoms with Crippen LogP contribution in [0.3, 0.4) is 0 Å². The Labute approximate surface area is 118 Å². The maximum atomic E-state index is 9.54. The summed E-state index contributed by atoms with van der Waals surface area (Å²) in [5.74, 6) is 0.825. The molecule has 2 N–H and O–H groups in total. The molecular weight excluding hydrogens is 234 g/mol. The highest BCUT2D eigenvalue weighted by Gasteiger charge is 2.37. The number of aliphatic hydroxyl groups is 1. The van der Waals surface area contributed by atoms with Crippen LogP contribution >= 0.6 is 0 Å². The summed E-state index contributed by atoms with van der Waals surface area (Å²) < 4.78 is 0. The third-order valence-corrected chi connectivity index (χ3v) is 6.22. The molecule has 0 atom stereocenters. The zero-order valence-electron chi connectivity index (χ0n) is 12.4. The van der Waals surface area contributed by atoms with Gasteiger partial charge in [0.25, 0.3) is 0 Å². The van der Waals surface area contributed by atoms with E-state index in [0.717, 1.165) is 30.2 Å². The summed E-state index contributed by atoms with van der Waals surface area (Å²) in [4.78, 5) is 0. The van der Waals surface area contributed by atoms with Crippen LogP contribution in [-0.4, -0.2) is 23.8 Å². The largest absolute Gasteiger partial charge is 0.393 e. The summed E-state index contributed by atoms with van der Waals surface area (Å²) in [6.45, 7) is 1.20. The summed E-state index contributed by atoms with van der Waals surface area (Å²) in [7, 11) is 0. The standard InChI is InChI=1S/C17H31NO/c19-16-5-3-14(4-6-16)13-18-15-7-11-17(12-8-15)9-1-2-10-17/h14-16,18-19H,1-13H2. The summed E-state index contributed by atoms with van der Waals surface area (Å²) in [5.41, 5.74) is 0.771. The molecule has 0 heterocycles. The summed E-state index contributed by atoms with van der Waals surface area (Å²) in [6, 6.07) is 0.790. The zero-order valence-corrected chi connectivity index (χ0v) is 12.4. The lowest BCUT2D eigenvalue weighted by molar-refractivity contribution is 0.105. The van der Waals surface area contributed by atoms with Gasteiger partial charge < -0.3 is 10.4 Å². The molecule has 3 fully saturated rings.